The fourth-order valence-electron chi connectivity index (χ4n) is 6.83. The normalized spacial score (nSPS) is 20.1. The predicted octanol–water partition coefficient (Wildman–Crippen LogP) is 11.9. The van der Waals surface area contributed by atoms with Crippen molar-refractivity contribution in [1.29, 1.82) is 0 Å². The first-order valence-corrected chi connectivity index (χ1v) is 23.1. The summed E-state index contributed by atoms with van der Waals surface area (Å²) in [5.41, 5.74) is 1.46. The summed E-state index contributed by atoms with van der Waals surface area (Å²) >= 11 is 0. The van der Waals surface area contributed by atoms with Gasteiger partial charge in [-0.2, -0.15) is 0 Å². The lowest BCUT2D eigenvalue weighted by molar-refractivity contribution is -0.00131. The summed E-state index contributed by atoms with van der Waals surface area (Å²) in [4.78, 5) is 9.54. The Labute approximate surface area is 347 Å². The molecule has 3 heterocycles. The third-order valence-electron chi connectivity index (χ3n) is 10.1. The number of nitrogens with zero attached hydrogens (tertiary/aromatic N) is 4. The van der Waals surface area contributed by atoms with Crippen molar-refractivity contribution >= 4 is 0 Å². The molecule has 0 radical (unpaired) electrons. The minimum Gasteiger partial charge on any atom is -0.380 e. The first-order chi connectivity index (χ1) is 26.2. The largest absolute Gasteiger partial charge is 0.380 e. The molecule has 0 aliphatic carbocycles. The number of hydrogen-bond donors (Lipinski definition) is 0. The Kier molecular flexibility index (Phi) is 42.2. The van der Waals surface area contributed by atoms with Crippen molar-refractivity contribution < 1.29 is 9.47 Å². The summed E-state index contributed by atoms with van der Waals surface area (Å²) in [7, 11) is 10.8. The maximum Gasteiger partial charge on any atom is 0.0622 e. The summed E-state index contributed by atoms with van der Waals surface area (Å²) in [6.45, 7) is 36.6. The van der Waals surface area contributed by atoms with Gasteiger partial charge in [0.05, 0.1) is 19.8 Å². The van der Waals surface area contributed by atoms with Crippen molar-refractivity contribution in [3.05, 3.63) is 35.9 Å². The number of likely N-dealkylation sites (N-methyl/N-ethyl adjacent to an activating group) is 2. The van der Waals surface area contributed by atoms with Crippen LogP contribution in [-0.4, -0.2) is 126 Å². The first-order valence-electron chi connectivity index (χ1n) is 23.1. The molecular formula is C49H102N4O2. The second-order valence-electron chi connectivity index (χ2n) is 17.4. The zero-order valence-electron chi connectivity index (χ0n) is 40.8. The number of hydrogen-bond acceptors (Lipinski definition) is 6. The third kappa shape index (κ3) is 37.0. The summed E-state index contributed by atoms with van der Waals surface area (Å²) in [5, 5.41) is 0. The quantitative estimate of drug-likeness (QED) is 0.185. The number of ether oxygens (including phenoxy) is 2. The van der Waals surface area contributed by atoms with E-state index < -0.39 is 0 Å². The van der Waals surface area contributed by atoms with Gasteiger partial charge in [0.25, 0.3) is 0 Å². The SMILES string of the molecule is CC.CC.CC(C)CC1CCCCN1C.CC(C)CC1CCCN1C.CC(C)CC1COCCN1C.CC(C)CCc1ccccc1.CCOCCN(C)C. The van der Waals surface area contributed by atoms with Crippen LogP contribution in [0.2, 0.25) is 0 Å². The fourth-order valence-corrected chi connectivity index (χ4v) is 6.83. The van der Waals surface area contributed by atoms with Gasteiger partial charge in [-0.3, -0.25) is 4.90 Å². The number of benzene rings is 1. The van der Waals surface area contributed by atoms with Crippen LogP contribution in [0.5, 0.6) is 0 Å². The van der Waals surface area contributed by atoms with Crippen molar-refractivity contribution in [2.45, 2.75) is 172 Å². The van der Waals surface area contributed by atoms with Gasteiger partial charge in [-0.25, -0.2) is 0 Å². The van der Waals surface area contributed by atoms with Crippen LogP contribution in [0.15, 0.2) is 30.3 Å². The summed E-state index contributed by atoms with van der Waals surface area (Å²) in [6.07, 6.45) is 13.7. The van der Waals surface area contributed by atoms with Crippen LogP contribution < -0.4 is 0 Å². The van der Waals surface area contributed by atoms with Crippen LogP contribution in [0.3, 0.4) is 0 Å². The highest BCUT2D eigenvalue weighted by atomic mass is 16.5. The maximum atomic E-state index is 5.41. The highest BCUT2D eigenvalue weighted by Gasteiger charge is 2.21. The van der Waals surface area contributed by atoms with Gasteiger partial charge in [-0.05, 0) is 142 Å². The molecule has 3 atom stereocenters. The number of rotatable bonds is 13. The molecule has 3 aliphatic rings. The number of aryl methyl sites for hydroxylation is 1. The second kappa shape index (κ2) is 39.8. The van der Waals surface area contributed by atoms with Crippen LogP contribution in [0.25, 0.3) is 0 Å². The van der Waals surface area contributed by atoms with Gasteiger partial charge in [0.1, 0.15) is 0 Å². The van der Waals surface area contributed by atoms with Crippen molar-refractivity contribution in [2.24, 2.45) is 23.7 Å². The maximum absolute atomic E-state index is 5.41. The molecule has 0 bridgehead atoms. The molecule has 3 unspecified atom stereocenters. The Morgan fingerprint density at radius 1 is 0.655 bits per heavy atom. The number of likely N-dealkylation sites (tertiary alicyclic amines) is 2. The van der Waals surface area contributed by atoms with E-state index in [-0.39, 0.29) is 0 Å². The van der Waals surface area contributed by atoms with Crippen LogP contribution in [0.1, 0.15) is 153 Å². The van der Waals surface area contributed by atoms with E-state index in [1.54, 1.807) is 0 Å². The van der Waals surface area contributed by atoms with Crippen LogP contribution in [-0.2, 0) is 15.9 Å². The lowest BCUT2D eigenvalue weighted by Gasteiger charge is -2.33. The molecule has 3 saturated heterocycles. The van der Waals surface area contributed by atoms with Gasteiger partial charge in [-0.15, -0.1) is 0 Å². The minimum absolute atomic E-state index is 0.656. The first kappa shape index (κ1) is 58.3. The van der Waals surface area contributed by atoms with Gasteiger partial charge >= 0.3 is 0 Å². The third-order valence-corrected chi connectivity index (χ3v) is 10.1. The summed E-state index contributed by atoms with van der Waals surface area (Å²) in [6, 6.07) is 13.1. The Hall–Kier alpha value is -1.02. The summed E-state index contributed by atoms with van der Waals surface area (Å²) in [5.74, 6) is 3.32. The monoisotopic (exact) mass is 779 g/mol. The van der Waals surface area contributed by atoms with E-state index in [2.05, 4.69) is 126 Å². The fraction of sp³-hybridized carbons (Fsp3) is 0.878. The average molecular weight is 779 g/mol. The van der Waals surface area contributed by atoms with Gasteiger partial charge in [0, 0.05) is 37.8 Å². The van der Waals surface area contributed by atoms with Gasteiger partial charge in [-0.1, -0.05) is 120 Å². The van der Waals surface area contributed by atoms with Crippen molar-refractivity contribution in [2.75, 3.05) is 87.8 Å². The van der Waals surface area contributed by atoms with E-state index in [1.807, 2.05) is 48.7 Å². The Morgan fingerprint density at radius 2 is 1.13 bits per heavy atom. The van der Waals surface area contributed by atoms with E-state index in [9.17, 15) is 0 Å². The molecule has 6 heteroatoms. The zero-order valence-corrected chi connectivity index (χ0v) is 40.8. The Bertz CT molecular complexity index is 851. The average Bonchev–Trinajstić information content (AvgIpc) is 3.55. The molecule has 0 spiro atoms. The molecule has 0 N–H and O–H groups in total. The molecule has 0 aromatic heterocycles. The van der Waals surface area contributed by atoms with Gasteiger partial charge < -0.3 is 24.2 Å². The molecule has 0 saturated carbocycles. The molecule has 3 fully saturated rings. The lowest BCUT2D eigenvalue weighted by Crippen LogP contribution is -2.43. The number of piperidine rings is 1. The second-order valence-corrected chi connectivity index (χ2v) is 17.4. The van der Waals surface area contributed by atoms with Crippen molar-refractivity contribution in [3.8, 4) is 0 Å². The molecule has 1 aromatic carbocycles. The van der Waals surface area contributed by atoms with Gasteiger partial charge in [0.2, 0.25) is 0 Å². The standard InChI is InChI=1S/C11H16.C10H21N.C9H19NO.C9H19N.C6H15NO.2C2H6/c1-10(2)8-9-11-6-4-3-5-7-11;1-9(2)8-10-6-4-5-7-11(10)3;1-8(2)6-9-7-11-5-4-10(9)3;1-8(2)7-9-5-4-6-10(9)3;1-4-8-6-5-7(2)3;2*1-2/h3-7,10H,8-9H2,1-2H3;9-10H,4-8H2,1-3H3;8-9H,4-7H2,1-3H3;8-9H,4-7H2,1-3H3;4-6H2,1-3H3;2*1-2H3. The molecule has 6 nitrogen and oxygen atoms in total. The van der Waals surface area contributed by atoms with E-state index in [0.717, 1.165) is 75.3 Å². The molecule has 3 aliphatic heterocycles. The smallest absolute Gasteiger partial charge is 0.0622 e. The van der Waals surface area contributed by atoms with E-state index in [4.69, 9.17) is 9.47 Å². The zero-order chi connectivity index (χ0) is 42.6. The van der Waals surface area contributed by atoms with Gasteiger partial charge in [0.15, 0.2) is 0 Å². The van der Waals surface area contributed by atoms with E-state index >= 15 is 0 Å². The highest BCUT2D eigenvalue weighted by Crippen LogP contribution is 2.22. The van der Waals surface area contributed by atoms with Crippen LogP contribution in [0, 0.1) is 23.7 Å². The summed E-state index contributed by atoms with van der Waals surface area (Å²) < 4.78 is 10.5. The Morgan fingerprint density at radius 3 is 1.55 bits per heavy atom. The molecule has 1 aromatic rings. The van der Waals surface area contributed by atoms with Crippen LogP contribution >= 0.6 is 0 Å². The topological polar surface area (TPSA) is 31.4 Å². The lowest BCUT2D eigenvalue weighted by atomic mass is 9.95. The number of morpholine rings is 1. The van der Waals surface area contributed by atoms with Crippen molar-refractivity contribution in [1.82, 2.24) is 19.6 Å². The predicted molar refractivity (Wildman–Crippen MR) is 249 cm³/mol. The Balaban J connectivity index is -0.000000603. The van der Waals surface area contributed by atoms with E-state index in [1.165, 1.54) is 82.9 Å². The molecule has 55 heavy (non-hydrogen) atoms. The van der Waals surface area contributed by atoms with E-state index in [0.29, 0.717) is 6.04 Å². The van der Waals surface area contributed by atoms with Crippen LogP contribution in [0.4, 0.5) is 0 Å². The molecule has 330 valence electrons. The molecule has 0 amide bonds. The minimum atomic E-state index is 0.656. The molecule has 4 rings (SSSR count). The highest BCUT2D eigenvalue weighted by molar-refractivity contribution is 5.14. The molecular weight excluding hydrogens is 677 g/mol. The van der Waals surface area contributed by atoms with Crippen molar-refractivity contribution in [3.63, 3.8) is 0 Å².